The molecule has 1 aliphatic heterocycles. The van der Waals surface area contributed by atoms with Crippen molar-refractivity contribution in [3.63, 3.8) is 0 Å². The van der Waals surface area contributed by atoms with Crippen LogP contribution in [0.4, 0.5) is 0 Å². The molecule has 0 amide bonds. The number of rotatable bonds is 4. The van der Waals surface area contributed by atoms with E-state index in [1.165, 1.54) is 7.11 Å². The lowest BCUT2D eigenvalue weighted by atomic mass is 10.2. The third kappa shape index (κ3) is 2.99. The van der Waals surface area contributed by atoms with Gasteiger partial charge in [0.15, 0.2) is 0 Å². The molecule has 0 aromatic carbocycles. The van der Waals surface area contributed by atoms with Crippen molar-refractivity contribution in [2.75, 3.05) is 13.7 Å². The van der Waals surface area contributed by atoms with Gasteiger partial charge in [0.25, 0.3) is 0 Å². The van der Waals surface area contributed by atoms with Gasteiger partial charge in [0, 0.05) is 19.5 Å². The summed E-state index contributed by atoms with van der Waals surface area (Å²) in [4.78, 5) is 19.0. The molecule has 21 heavy (non-hydrogen) atoms. The summed E-state index contributed by atoms with van der Waals surface area (Å²) in [5.74, 6) is 0.253. The van der Waals surface area contributed by atoms with E-state index in [0.717, 1.165) is 10.6 Å². The number of aliphatic hydroxyl groups excluding tert-OH is 1. The van der Waals surface area contributed by atoms with Gasteiger partial charge in [-0.05, 0) is 11.4 Å². The number of β-amino-alcohol motifs (C(OH)–C–C–N with tert-alkyl or cyclic N) is 1. The number of hydrogen-bond donors (Lipinski definition) is 1. The van der Waals surface area contributed by atoms with E-state index >= 15 is 0 Å². The summed E-state index contributed by atoms with van der Waals surface area (Å²) in [7, 11) is 1.36. The molecule has 2 unspecified atom stereocenters. The van der Waals surface area contributed by atoms with Crippen LogP contribution in [0.1, 0.15) is 12.1 Å². The molecular weight excluding hydrogens is 292 g/mol. The average molecular weight is 308 g/mol. The van der Waals surface area contributed by atoms with E-state index in [4.69, 9.17) is 9.15 Å². The molecule has 3 rings (SSSR count). The number of methoxy groups -OCH3 is 1. The lowest BCUT2D eigenvalue weighted by molar-refractivity contribution is -0.146. The summed E-state index contributed by atoms with van der Waals surface area (Å²) < 4.78 is 10.2. The van der Waals surface area contributed by atoms with Gasteiger partial charge < -0.3 is 14.3 Å². The number of ether oxygens (including phenoxy) is 1. The molecule has 0 bridgehead atoms. The molecule has 2 aromatic heterocycles. The number of esters is 1. The Morgan fingerprint density at radius 2 is 2.52 bits per heavy atom. The highest BCUT2D eigenvalue weighted by Crippen LogP contribution is 2.26. The highest BCUT2D eigenvalue weighted by molar-refractivity contribution is 7.13. The number of likely N-dealkylation sites (tertiary alicyclic amines) is 1. The quantitative estimate of drug-likeness (QED) is 0.863. The van der Waals surface area contributed by atoms with Gasteiger partial charge in [0.2, 0.25) is 5.89 Å². The Morgan fingerprint density at radius 3 is 3.24 bits per heavy atom. The van der Waals surface area contributed by atoms with E-state index in [-0.39, 0.29) is 5.97 Å². The molecule has 6 nitrogen and oxygen atoms in total. The molecule has 1 saturated heterocycles. The largest absolute Gasteiger partial charge is 0.468 e. The summed E-state index contributed by atoms with van der Waals surface area (Å²) in [5.41, 5.74) is 0.737. The Kier molecular flexibility index (Phi) is 4.05. The number of nitrogens with zero attached hydrogens (tertiary/aromatic N) is 2. The number of hydrogen-bond acceptors (Lipinski definition) is 7. The number of aromatic nitrogens is 1. The van der Waals surface area contributed by atoms with Crippen molar-refractivity contribution >= 4 is 17.3 Å². The molecule has 1 fully saturated rings. The minimum Gasteiger partial charge on any atom is -0.468 e. The van der Waals surface area contributed by atoms with Crippen LogP contribution >= 0.6 is 11.3 Å². The fourth-order valence-corrected chi connectivity index (χ4v) is 3.19. The van der Waals surface area contributed by atoms with E-state index in [9.17, 15) is 9.90 Å². The Morgan fingerprint density at radius 1 is 1.67 bits per heavy atom. The zero-order valence-corrected chi connectivity index (χ0v) is 12.4. The first-order valence-corrected chi connectivity index (χ1v) is 7.53. The van der Waals surface area contributed by atoms with Crippen LogP contribution in [0.25, 0.3) is 10.8 Å². The van der Waals surface area contributed by atoms with Crippen LogP contribution < -0.4 is 0 Å². The van der Waals surface area contributed by atoms with Gasteiger partial charge >= 0.3 is 5.97 Å². The second-order valence-corrected chi connectivity index (χ2v) is 5.93. The highest BCUT2D eigenvalue weighted by Gasteiger charge is 2.37. The summed E-state index contributed by atoms with van der Waals surface area (Å²) in [6, 6.07) is 3.46. The van der Waals surface area contributed by atoms with Gasteiger partial charge in [0.05, 0.1) is 23.8 Å². The second kappa shape index (κ2) is 5.97. The minimum atomic E-state index is -0.516. The lowest BCUT2D eigenvalue weighted by Gasteiger charge is -2.20. The van der Waals surface area contributed by atoms with E-state index in [2.05, 4.69) is 4.98 Å². The average Bonchev–Trinajstić information content (AvgIpc) is 3.18. The van der Waals surface area contributed by atoms with Crippen molar-refractivity contribution in [1.29, 1.82) is 0 Å². The molecule has 112 valence electrons. The molecule has 1 aliphatic rings. The first-order valence-electron chi connectivity index (χ1n) is 6.65. The smallest absolute Gasteiger partial charge is 0.323 e. The van der Waals surface area contributed by atoms with E-state index in [1.807, 2.05) is 22.4 Å². The zero-order chi connectivity index (χ0) is 14.8. The Hall–Kier alpha value is -1.70. The van der Waals surface area contributed by atoms with Crippen LogP contribution in [-0.2, 0) is 16.1 Å². The van der Waals surface area contributed by atoms with Crippen LogP contribution in [0.2, 0.25) is 0 Å². The molecule has 0 aliphatic carbocycles. The third-order valence-corrected chi connectivity index (χ3v) is 4.36. The normalized spacial score (nSPS) is 22.6. The predicted octanol–water partition coefficient (Wildman–Crippen LogP) is 1.51. The maximum atomic E-state index is 11.7. The van der Waals surface area contributed by atoms with Crippen molar-refractivity contribution in [1.82, 2.24) is 9.88 Å². The molecule has 2 atom stereocenters. The maximum Gasteiger partial charge on any atom is 0.323 e. The SMILES string of the molecule is COC(=O)C1CC(O)CN1Cc1coc(-c2cccs2)n1. The number of aliphatic hydroxyl groups is 1. The molecule has 0 radical (unpaired) electrons. The van der Waals surface area contributed by atoms with E-state index < -0.39 is 12.1 Å². The maximum absolute atomic E-state index is 11.7. The van der Waals surface area contributed by atoms with Crippen molar-refractivity contribution < 1.29 is 19.1 Å². The molecule has 0 spiro atoms. The summed E-state index contributed by atoms with van der Waals surface area (Å²) in [6.45, 7) is 0.882. The lowest BCUT2D eigenvalue weighted by Crippen LogP contribution is -2.36. The second-order valence-electron chi connectivity index (χ2n) is 4.98. The van der Waals surface area contributed by atoms with Crippen molar-refractivity contribution in [2.24, 2.45) is 0 Å². The van der Waals surface area contributed by atoms with Crippen molar-refractivity contribution in [2.45, 2.75) is 25.1 Å². The topological polar surface area (TPSA) is 75.8 Å². The van der Waals surface area contributed by atoms with Gasteiger partial charge in [0.1, 0.15) is 12.3 Å². The molecule has 3 heterocycles. The van der Waals surface area contributed by atoms with Gasteiger partial charge in [-0.1, -0.05) is 6.07 Å². The monoisotopic (exact) mass is 308 g/mol. The Bertz CT molecular complexity index is 610. The van der Waals surface area contributed by atoms with Crippen molar-refractivity contribution in [3.05, 3.63) is 29.5 Å². The van der Waals surface area contributed by atoms with Gasteiger partial charge in [-0.15, -0.1) is 11.3 Å². The highest BCUT2D eigenvalue weighted by atomic mass is 32.1. The van der Waals surface area contributed by atoms with Gasteiger partial charge in [-0.3, -0.25) is 9.69 Å². The number of oxazole rings is 1. The number of carbonyl (C=O) groups excluding carboxylic acids is 1. The zero-order valence-electron chi connectivity index (χ0n) is 11.6. The van der Waals surface area contributed by atoms with E-state index in [1.54, 1.807) is 17.6 Å². The van der Waals surface area contributed by atoms with E-state index in [0.29, 0.717) is 25.4 Å². The molecular formula is C14H16N2O4S. The third-order valence-electron chi connectivity index (χ3n) is 3.50. The minimum absolute atomic E-state index is 0.325. The Balaban J connectivity index is 1.72. The summed E-state index contributed by atoms with van der Waals surface area (Å²) >= 11 is 1.56. The molecule has 7 heteroatoms. The van der Waals surface area contributed by atoms with Crippen LogP contribution in [0, 0.1) is 0 Å². The standard InChI is InChI=1S/C14H16N2O4S/c1-19-14(18)11-5-10(17)7-16(11)6-9-8-20-13(15-9)12-3-2-4-21-12/h2-4,8,10-11,17H,5-7H2,1H3. The first-order chi connectivity index (χ1) is 10.2. The summed E-state index contributed by atoms with van der Waals surface area (Å²) in [6.07, 6.45) is 1.47. The number of carbonyl (C=O) groups is 1. The van der Waals surface area contributed by atoms with Gasteiger partial charge in [-0.2, -0.15) is 0 Å². The van der Waals surface area contributed by atoms with Crippen LogP contribution in [-0.4, -0.2) is 46.8 Å². The Labute approximate surface area is 126 Å². The molecule has 2 aromatic rings. The fraction of sp³-hybridized carbons (Fsp3) is 0.429. The number of thiophene rings is 1. The van der Waals surface area contributed by atoms with Crippen LogP contribution in [0.5, 0.6) is 0 Å². The molecule has 0 saturated carbocycles. The van der Waals surface area contributed by atoms with Gasteiger partial charge in [-0.25, -0.2) is 4.98 Å². The fourth-order valence-electron chi connectivity index (χ4n) is 2.54. The predicted molar refractivity (Wildman–Crippen MR) is 76.7 cm³/mol. The summed E-state index contributed by atoms with van der Waals surface area (Å²) in [5, 5.41) is 11.7. The first kappa shape index (κ1) is 14.2. The van der Waals surface area contributed by atoms with Crippen LogP contribution in [0.15, 0.2) is 28.2 Å². The molecule has 1 N–H and O–H groups in total. The van der Waals surface area contributed by atoms with Crippen LogP contribution in [0.3, 0.4) is 0 Å². The van der Waals surface area contributed by atoms with Crippen molar-refractivity contribution in [3.8, 4) is 10.8 Å².